The molecule has 2 rings (SSSR count). The molecule has 0 saturated carbocycles. The van der Waals surface area contributed by atoms with Gasteiger partial charge in [-0.15, -0.1) is 0 Å². The molecule has 0 radical (unpaired) electrons. The van der Waals surface area contributed by atoms with Crippen LogP contribution in [0.3, 0.4) is 0 Å². The molecule has 0 amide bonds. The van der Waals surface area contributed by atoms with Gasteiger partial charge in [-0.25, -0.2) is 4.79 Å². The average Bonchev–Trinajstić information content (AvgIpc) is 2.61. The Bertz CT molecular complexity index is 394. The van der Waals surface area contributed by atoms with Gasteiger partial charge in [0.05, 0.1) is 6.61 Å². The normalized spacial score (nSPS) is 14.0. The Kier molecular flexibility index (Phi) is 2.23. The van der Waals surface area contributed by atoms with Crippen molar-refractivity contribution in [1.29, 1.82) is 0 Å². The third kappa shape index (κ3) is 1.76. The summed E-state index contributed by atoms with van der Waals surface area (Å²) in [5.74, 6) is -0.0658. The maximum Gasteiger partial charge on any atom is 0.328 e. The summed E-state index contributed by atoms with van der Waals surface area (Å²) in [5, 5.41) is 8.45. The molecule has 0 spiro atoms. The predicted molar refractivity (Wildman–Crippen MR) is 52.3 cm³/mol. The van der Waals surface area contributed by atoms with Crippen LogP contribution < -0.4 is 4.74 Å². The van der Waals surface area contributed by atoms with Gasteiger partial charge in [-0.2, -0.15) is 0 Å². The largest absolute Gasteiger partial charge is 0.493 e. The summed E-state index contributed by atoms with van der Waals surface area (Å²) in [6, 6.07) is 5.73. The molecule has 72 valence electrons. The van der Waals surface area contributed by atoms with Crippen LogP contribution in [0.4, 0.5) is 0 Å². The molecule has 3 heteroatoms. The lowest BCUT2D eigenvalue weighted by Crippen LogP contribution is -1.87. The van der Waals surface area contributed by atoms with Gasteiger partial charge in [-0.1, -0.05) is 12.1 Å². The fraction of sp³-hybridized carbons (Fsp3) is 0.182. The van der Waals surface area contributed by atoms with Crippen molar-refractivity contribution in [1.82, 2.24) is 0 Å². The summed E-state index contributed by atoms with van der Waals surface area (Å²) >= 11 is 0. The maximum absolute atomic E-state index is 10.3. The van der Waals surface area contributed by atoms with E-state index in [2.05, 4.69) is 0 Å². The van der Waals surface area contributed by atoms with Crippen LogP contribution in [-0.2, 0) is 11.2 Å². The quantitative estimate of drug-likeness (QED) is 0.722. The first-order chi connectivity index (χ1) is 6.75. The SMILES string of the molecule is O=C(O)/C=C\c1ccc2c(c1)OCC2. The van der Waals surface area contributed by atoms with Gasteiger partial charge < -0.3 is 9.84 Å². The Balaban J connectivity index is 2.25. The summed E-state index contributed by atoms with van der Waals surface area (Å²) in [7, 11) is 0. The number of fused-ring (bicyclic) bond motifs is 1. The maximum atomic E-state index is 10.3. The van der Waals surface area contributed by atoms with Crippen LogP contribution in [0.5, 0.6) is 5.75 Å². The van der Waals surface area contributed by atoms with Crippen LogP contribution in [0.1, 0.15) is 11.1 Å². The summed E-state index contributed by atoms with van der Waals surface area (Å²) in [6.07, 6.45) is 3.62. The number of carboxylic acid groups (broad SMARTS) is 1. The molecule has 1 aromatic rings. The highest BCUT2D eigenvalue weighted by atomic mass is 16.5. The molecule has 0 aliphatic carbocycles. The molecule has 0 aromatic heterocycles. The molecular formula is C11H10O3. The zero-order valence-corrected chi connectivity index (χ0v) is 7.56. The minimum atomic E-state index is -0.939. The Morgan fingerprint density at radius 1 is 1.50 bits per heavy atom. The number of carbonyl (C=O) groups is 1. The molecule has 0 fully saturated rings. The summed E-state index contributed by atoms with van der Waals surface area (Å²) in [4.78, 5) is 10.3. The number of hydrogen-bond donors (Lipinski definition) is 1. The molecule has 0 saturated heterocycles. The molecule has 1 aliphatic heterocycles. The highest BCUT2D eigenvalue weighted by Gasteiger charge is 2.10. The molecule has 0 bridgehead atoms. The zero-order valence-electron chi connectivity index (χ0n) is 7.56. The van der Waals surface area contributed by atoms with Crippen LogP contribution in [0.15, 0.2) is 24.3 Å². The van der Waals surface area contributed by atoms with E-state index in [1.54, 1.807) is 6.08 Å². The van der Waals surface area contributed by atoms with Crippen molar-refractivity contribution in [2.45, 2.75) is 6.42 Å². The highest BCUT2D eigenvalue weighted by molar-refractivity contribution is 5.85. The van der Waals surface area contributed by atoms with E-state index in [4.69, 9.17) is 9.84 Å². The third-order valence-corrected chi connectivity index (χ3v) is 2.14. The lowest BCUT2D eigenvalue weighted by atomic mass is 10.1. The fourth-order valence-corrected chi connectivity index (χ4v) is 1.45. The molecule has 1 heterocycles. The van der Waals surface area contributed by atoms with E-state index in [0.717, 1.165) is 30.4 Å². The van der Waals surface area contributed by atoms with Gasteiger partial charge >= 0.3 is 5.97 Å². The molecule has 0 unspecified atom stereocenters. The molecule has 1 aliphatic rings. The van der Waals surface area contributed by atoms with E-state index in [-0.39, 0.29) is 0 Å². The van der Waals surface area contributed by atoms with Crippen LogP contribution >= 0.6 is 0 Å². The Hall–Kier alpha value is -1.77. The summed E-state index contributed by atoms with van der Waals surface area (Å²) in [6.45, 7) is 0.724. The van der Waals surface area contributed by atoms with Gasteiger partial charge in [0, 0.05) is 12.5 Å². The van der Waals surface area contributed by atoms with Gasteiger partial charge in [-0.05, 0) is 23.3 Å². The number of aliphatic carboxylic acids is 1. The van der Waals surface area contributed by atoms with Gasteiger partial charge in [0.2, 0.25) is 0 Å². The Labute approximate surface area is 81.6 Å². The van der Waals surface area contributed by atoms with Crippen molar-refractivity contribution in [2.24, 2.45) is 0 Å². The van der Waals surface area contributed by atoms with Crippen molar-refractivity contribution < 1.29 is 14.6 Å². The van der Waals surface area contributed by atoms with Gasteiger partial charge in [0.1, 0.15) is 5.75 Å². The van der Waals surface area contributed by atoms with Crippen LogP contribution in [0, 0.1) is 0 Å². The number of hydrogen-bond acceptors (Lipinski definition) is 2. The van der Waals surface area contributed by atoms with Crippen molar-refractivity contribution in [3.05, 3.63) is 35.4 Å². The van der Waals surface area contributed by atoms with Crippen molar-refractivity contribution in [3.63, 3.8) is 0 Å². The summed E-state index contributed by atoms with van der Waals surface area (Å²) in [5.41, 5.74) is 2.05. The predicted octanol–water partition coefficient (Wildman–Crippen LogP) is 1.72. The van der Waals surface area contributed by atoms with Crippen molar-refractivity contribution >= 4 is 12.0 Å². The minimum absolute atomic E-state index is 0.724. The first kappa shape index (κ1) is 8.81. The Morgan fingerprint density at radius 2 is 2.36 bits per heavy atom. The second kappa shape index (κ2) is 3.54. The average molecular weight is 190 g/mol. The van der Waals surface area contributed by atoms with Crippen molar-refractivity contribution in [3.8, 4) is 5.75 Å². The Morgan fingerprint density at radius 3 is 3.14 bits per heavy atom. The monoisotopic (exact) mass is 190 g/mol. The molecule has 14 heavy (non-hydrogen) atoms. The van der Waals surface area contributed by atoms with E-state index in [0.29, 0.717) is 0 Å². The first-order valence-corrected chi connectivity index (χ1v) is 4.42. The molecule has 1 aromatic carbocycles. The zero-order chi connectivity index (χ0) is 9.97. The second-order valence-electron chi connectivity index (χ2n) is 3.14. The van der Waals surface area contributed by atoms with Gasteiger partial charge in [-0.3, -0.25) is 0 Å². The lowest BCUT2D eigenvalue weighted by Gasteiger charge is -1.99. The third-order valence-electron chi connectivity index (χ3n) is 2.14. The number of ether oxygens (including phenoxy) is 1. The van der Waals surface area contributed by atoms with Crippen LogP contribution in [0.25, 0.3) is 6.08 Å². The highest BCUT2D eigenvalue weighted by Crippen LogP contribution is 2.26. The summed E-state index contributed by atoms with van der Waals surface area (Å²) < 4.78 is 5.36. The van der Waals surface area contributed by atoms with E-state index < -0.39 is 5.97 Å². The van der Waals surface area contributed by atoms with E-state index in [1.165, 1.54) is 5.56 Å². The number of rotatable bonds is 2. The van der Waals surface area contributed by atoms with Gasteiger partial charge in [0.15, 0.2) is 0 Å². The smallest absolute Gasteiger partial charge is 0.328 e. The lowest BCUT2D eigenvalue weighted by molar-refractivity contribution is -0.131. The second-order valence-corrected chi connectivity index (χ2v) is 3.14. The van der Waals surface area contributed by atoms with E-state index in [9.17, 15) is 4.79 Å². The molecular weight excluding hydrogens is 180 g/mol. The topological polar surface area (TPSA) is 46.5 Å². The fourth-order valence-electron chi connectivity index (χ4n) is 1.45. The standard InChI is InChI=1S/C11H10O3/c12-11(13)4-2-8-1-3-9-5-6-14-10(9)7-8/h1-4,7H,5-6H2,(H,12,13)/b4-2-. The number of carboxylic acids is 1. The van der Waals surface area contributed by atoms with Crippen molar-refractivity contribution in [2.75, 3.05) is 6.61 Å². The van der Waals surface area contributed by atoms with E-state index >= 15 is 0 Å². The molecule has 1 N–H and O–H groups in total. The van der Waals surface area contributed by atoms with Gasteiger partial charge in [0.25, 0.3) is 0 Å². The molecule has 3 nitrogen and oxygen atoms in total. The first-order valence-electron chi connectivity index (χ1n) is 4.42. The van der Waals surface area contributed by atoms with Crippen LogP contribution in [0.2, 0.25) is 0 Å². The van der Waals surface area contributed by atoms with E-state index in [1.807, 2.05) is 18.2 Å². The van der Waals surface area contributed by atoms with Crippen LogP contribution in [-0.4, -0.2) is 17.7 Å². The molecule has 0 atom stereocenters. The number of benzene rings is 1. The minimum Gasteiger partial charge on any atom is -0.493 e.